The van der Waals surface area contributed by atoms with Gasteiger partial charge in [0.1, 0.15) is 6.42 Å². The van der Waals surface area contributed by atoms with Gasteiger partial charge in [-0.3, -0.25) is 4.79 Å². The molecule has 1 heterocycles. The average Bonchev–Trinajstić information content (AvgIpc) is 2.32. The van der Waals surface area contributed by atoms with E-state index in [-0.39, 0.29) is 12.4 Å². The summed E-state index contributed by atoms with van der Waals surface area (Å²) in [6.07, 6.45) is 1.71. The third kappa shape index (κ3) is 5.03. The first-order valence-electron chi connectivity index (χ1n) is 5.49. The smallest absolute Gasteiger partial charge is 0.317 e. The summed E-state index contributed by atoms with van der Waals surface area (Å²) in [5.41, 5.74) is 0.748. The van der Waals surface area contributed by atoms with Crippen LogP contribution in [0.3, 0.4) is 0 Å². The monoisotopic (exact) mass is 233 g/mol. The lowest BCUT2D eigenvalue weighted by Gasteiger charge is -1.99. The molecule has 0 aliphatic carbocycles. The van der Waals surface area contributed by atoms with Crippen molar-refractivity contribution in [2.75, 3.05) is 13.2 Å². The molecule has 0 unspecified atom stereocenters. The van der Waals surface area contributed by atoms with Crippen LogP contribution in [0.5, 0.6) is 5.88 Å². The number of pyridine rings is 1. The normalized spacial score (nSPS) is 9.06. The lowest BCUT2D eigenvalue weighted by molar-refractivity contribution is -0.141. The highest BCUT2D eigenvalue weighted by atomic mass is 16.5. The van der Waals surface area contributed by atoms with Crippen molar-refractivity contribution >= 4 is 5.97 Å². The van der Waals surface area contributed by atoms with E-state index in [1.54, 1.807) is 25.3 Å². The lowest BCUT2D eigenvalue weighted by Crippen LogP contribution is -2.01. The van der Waals surface area contributed by atoms with Gasteiger partial charge in [-0.25, -0.2) is 4.98 Å². The maximum atomic E-state index is 11.0. The minimum atomic E-state index is -0.307. The number of hydrogen-bond acceptors (Lipinski definition) is 4. The minimum Gasteiger partial charge on any atom is -0.478 e. The molecular formula is C13H15NO3. The van der Waals surface area contributed by atoms with Gasteiger partial charge in [-0.2, -0.15) is 0 Å². The minimum absolute atomic E-state index is 0.0983. The Bertz CT molecular complexity index is 415. The van der Waals surface area contributed by atoms with Gasteiger partial charge in [-0.15, -0.1) is 0 Å². The zero-order valence-electron chi connectivity index (χ0n) is 10.0. The zero-order valence-corrected chi connectivity index (χ0v) is 10.0. The predicted molar refractivity (Wildman–Crippen MR) is 63.5 cm³/mol. The second-order valence-corrected chi connectivity index (χ2v) is 3.10. The van der Waals surface area contributed by atoms with Gasteiger partial charge in [-0.1, -0.05) is 11.8 Å². The van der Waals surface area contributed by atoms with Crippen LogP contribution < -0.4 is 4.74 Å². The third-order valence-corrected chi connectivity index (χ3v) is 1.80. The largest absolute Gasteiger partial charge is 0.478 e. The molecule has 1 rings (SSSR count). The fourth-order valence-corrected chi connectivity index (χ4v) is 1.12. The second-order valence-electron chi connectivity index (χ2n) is 3.10. The molecule has 0 bridgehead atoms. The summed E-state index contributed by atoms with van der Waals surface area (Å²) in [5.74, 6) is 5.83. The first kappa shape index (κ1) is 13.0. The molecule has 1 aromatic rings. The van der Waals surface area contributed by atoms with E-state index in [9.17, 15) is 4.79 Å². The maximum absolute atomic E-state index is 11.0. The number of carbonyl (C=O) groups is 1. The molecule has 17 heavy (non-hydrogen) atoms. The van der Waals surface area contributed by atoms with Gasteiger partial charge in [0.2, 0.25) is 5.88 Å². The molecule has 0 N–H and O–H groups in total. The molecule has 0 radical (unpaired) electrons. The van der Waals surface area contributed by atoms with E-state index >= 15 is 0 Å². The maximum Gasteiger partial charge on any atom is 0.317 e. The number of aromatic nitrogens is 1. The Morgan fingerprint density at radius 1 is 1.35 bits per heavy atom. The van der Waals surface area contributed by atoms with E-state index < -0.39 is 0 Å². The quantitative estimate of drug-likeness (QED) is 0.587. The number of carbonyl (C=O) groups excluding carboxylic acids is 1. The van der Waals surface area contributed by atoms with Crippen LogP contribution in [0.1, 0.15) is 25.8 Å². The summed E-state index contributed by atoms with van der Waals surface area (Å²) in [6, 6.07) is 3.55. The van der Waals surface area contributed by atoms with Crippen LogP contribution >= 0.6 is 0 Å². The Hall–Kier alpha value is -2.02. The van der Waals surface area contributed by atoms with Gasteiger partial charge in [0.25, 0.3) is 0 Å². The molecule has 4 heteroatoms. The summed E-state index contributed by atoms with van der Waals surface area (Å²) in [5, 5.41) is 0. The van der Waals surface area contributed by atoms with Crippen molar-refractivity contribution in [2.24, 2.45) is 0 Å². The Morgan fingerprint density at radius 3 is 2.76 bits per heavy atom. The van der Waals surface area contributed by atoms with Gasteiger partial charge in [0.15, 0.2) is 0 Å². The highest BCUT2D eigenvalue weighted by Gasteiger charge is 1.96. The molecule has 90 valence electrons. The Morgan fingerprint density at radius 2 is 2.18 bits per heavy atom. The molecule has 0 amide bonds. The first-order valence-corrected chi connectivity index (χ1v) is 5.49. The summed E-state index contributed by atoms with van der Waals surface area (Å²) in [7, 11) is 0. The molecule has 0 aliphatic rings. The van der Waals surface area contributed by atoms with Crippen molar-refractivity contribution in [3.05, 3.63) is 23.9 Å². The summed E-state index contributed by atoms with van der Waals surface area (Å²) in [6.45, 7) is 4.63. The van der Waals surface area contributed by atoms with Crippen LogP contribution in [0.25, 0.3) is 0 Å². The van der Waals surface area contributed by atoms with Crippen molar-refractivity contribution in [3.8, 4) is 17.7 Å². The number of rotatable bonds is 4. The van der Waals surface area contributed by atoms with Crippen LogP contribution in [0, 0.1) is 11.8 Å². The molecule has 0 saturated carbocycles. The summed E-state index contributed by atoms with van der Waals surface area (Å²) < 4.78 is 9.96. The Labute approximate surface area is 101 Å². The van der Waals surface area contributed by atoms with E-state index in [0.717, 1.165) is 5.56 Å². The van der Waals surface area contributed by atoms with Gasteiger partial charge in [0, 0.05) is 17.8 Å². The van der Waals surface area contributed by atoms with Gasteiger partial charge in [-0.05, 0) is 19.9 Å². The van der Waals surface area contributed by atoms with Crippen molar-refractivity contribution in [2.45, 2.75) is 20.3 Å². The molecule has 0 spiro atoms. The van der Waals surface area contributed by atoms with E-state index in [2.05, 4.69) is 16.8 Å². The zero-order chi connectivity index (χ0) is 12.5. The molecule has 4 nitrogen and oxygen atoms in total. The first-order chi connectivity index (χ1) is 8.26. The van der Waals surface area contributed by atoms with Crippen molar-refractivity contribution in [1.29, 1.82) is 0 Å². The lowest BCUT2D eigenvalue weighted by atomic mass is 10.3. The van der Waals surface area contributed by atoms with Crippen LogP contribution in [0.4, 0.5) is 0 Å². The van der Waals surface area contributed by atoms with Gasteiger partial charge < -0.3 is 9.47 Å². The SMILES string of the molecule is CCOC(=O)CC#Cc1ccc(OCC)nc1. The Balaban J connectivity index is 2.51. The molecular weight excluding hydrogens is 218 g/mol. The average molecular weight is 233 g/mol. The number of ether oxygens (including phenoxy) is 2. The van der Waals surface area contributed by atoms with Crippen LogP contribution in [-0.4, -0.2) is 24.2 Å². The second kappa shape index (κ2) is 7.29. The third-order valence-electron chi connectivity index (χ3n) is 1.80. The van der Waals surface area contributed by atoms with Crippen molar-refractivity contribution in [1.82, 2.24) is 4.98 Å². The van der Waals surface area contributed by atoms with Crippen molar-refractivity contribution in [3.63, 3.8) is 0 Å². The molecule has 1 aromatic heterocycles. The number of esters is 1. The van der Waals surface area contributed by atoms with Crippen LogP contribution in [-0.2, 0) is 9.53 Å². The van der Waals surface area contributed by atoms with E-state index in [1.807, 2.05) is 6.92 Å². The molecule has 0 aliphatic heterocycles. The highest BCUT2D eigenvalue weighted by molar-refractivity contribution is 5.72. The van der Waals surface area contributed by atoms with E-state index in [1.165, 1.54) is 0 Å². The number of hydrogen-bond donors (Lipinski definition) is 0. The van der Waals surface area contributed by atoms with Gasteiger partial charge >= 0.3 is 5.97 Å². The topological polar surface area (TPSA) is 48.4 Å². The fourth-order valence-electron chi connectivity index (χ4n) is 1.12. The van der Waals surface area contributed by atoms with Crippen LogP contribution in [0.15, 0.2) is 18.3 Å². The van der Waals surface area contributed by atoms with Crippen molar-refractivity contribution < 1.29 is 14.3 Å². The highest BCUT2D eigenvalue weighted by Crippen LogP contribution is 2.06. The van der Waals surface area contributed by atoms with Crippen LogP contribution in [0.2, 0.25) is 0 Å². The Kier molecular flexibility index (Phi) is 5.59. The molecule has 0 fully saturated rings. The molecule has 0 saturated heterocycles. The van der Waals surface area contributed by atoms with E-state index in [4.69, 9.17) is 9.47 Å². The molecule has 0 atom stereocenters. The van der Waals surface area contributed by atoms with Gasteiger partial charge in [0.05, 0.1) is 13.2 Å². The standard InChI is InChI=1S/C13H15NO3/c1-3-16-12-9-8-11(10-14-12)6-5-7-13(15)17-4-2/h8-10H,3-4,7H2,1-2H3. The predicted octanol–water partition coefficient (Wildman–Crippen LogP) is 1.78. The summed E-state index contributed by atoms with van der Waals surface area (Å²) in [4.78, 5) is 15.1. The summed E-state index contributed by atoms with van der Waals surface area (Å²) >= 11 is 0. The molecule has 0 aromatic carbocycles. The fraction of sp³-hybridized carbons (Fsp3) is 0.385. The van der Waals surface area contributed by atoms with E-state index in [0.29, 0.717) is 19.1 Å². The number of nitrogens with zero attached hydrogens (tertiary/aromatic N) is 1.